The molecule has 4 heteroatoms. The molecule has 0 fully saturated rings. The van der Waals surface area contributed by atoms with Crippen molar-refractivity contribution in [3.05, 3.63) is 71.8 Å². The van der Waals surface area contributed by atoms with Crippen molar-refractivity contribution in [2.75, 3.05) is 0 Å². The lowest BCUT2D eigenvalue weighted by atomic mass is 9.97. The summed E-state index contributed by atoms with van der Waals surface area (Å²) in [6, 6.07) is 19.2. The highest BCUT2D eigenvalue weighted by Gasteiger charge is 2.22. The number of hydrogen-bond acceptors (Lipinski definition) is 3. The van der Waals surface area contributed by atoms with E-state index in [0.717, 1.165) is 24.0 Å². The Morgan fingerprint density at radius 2 is 1.48 bits per heavy atom. The van der Waals surface area contributed by atoms with E-state index in [4.69, 9.17) is 4.74 Å². The maximum atomic E-state index is 12.3. The van der Waals surface area contributed by atoms with Gasteiger partial charge in [-0.25, -0.2) is 4.79 Å². The topological polar surface area (TPSA) is 58.6 Å². The van der Waals surface area contributed by atoms with Gasteiger partial charge in [-0.05, 0) is 24.0 Å². The molecule has 2 aromatic carbocycles. The van der Waals surface area contributed by atoms with Crippen molar-refractivity contribution in [1.82, 2.24) is 5.32 Å². The third kappa shape index (κ3) is 9.62. The largest absolute Gasteiger partial charge is 0.445 e. The maximum Gasteiger partial charge on any atom is 0.407 e. The van der Waals surface area contributed by atoms with Crippen molar-refractivity contribution >= 4 is 6.09 Å². The van der Waals surface area contributed by atoms with E-state index in [-0.39, 0.29) is 12.6 Å². The van der Waals surface area contributed by atoms with Crippen LogP contribution in [0.25, 0.3) is 0 Å². The number of alkyl carbamates (subject to hydrolysis) is 1. The van der Waals surface area contributed by atoms with Gasteiger partial charge in [-0.3, -0.25) is 0 Å². The standard InChI is InChI=1S/C25H35NO3/c1-2-3-4-5-6-13-18-24(27)23(19-21-14-9-7-10-15-21)26-25(28)29-20-22-16-11-8-12-17-22/h7-12,14-17,23-24,27H,2-6,13,18-20H2,1H3,(H,26,28)/t23-,24-/m0/s1. The van der Waals surface area contributed by atoms with E-state index in [1.54, 1.807) is 0 Å². The van der Waals surface area contributed by atoms with Crippen LogP contribution in [0.4, 0.5) is 4.79 Å². The number of amides is 1. The van der Waals surface area contributed by atoms with Crippen molar-refractivity contribution in [2.24, 2.45) is 0 Å². The summed E-state index contributed by atoms with van der Waals surface area (Å²) in [5.41, 5.74) is 2.03. The highest BCUT2D eigenvalue weighted by Crippen LogP contribution is 2.14. The Labute approximate surface area is 175 Å². The molecule has 158 valence electrons. The zero-order valence-corrected chi connectivity index (χ0v) is 17.6. The van der Waals surface area contributed by atoms with Crippen molar-refractivity contribution in [3.8, 4) is 0 Å². The summed E-state index contributed by atoms with van der Waals surface area (Å²) < 4.78 is 5.36. The van der Waals surface area contributed by atoms with Crippen LogP contribution in [0.2, 0.25) is 0 Å². The molecule has 1 amide bonds. The molecule has 0 aliphatic heterocycles. The minimum absolute atomic E-state index is 0.220. The number of benzene rings is 2. The van der Waals surface area contributed by atoms with Gasteiger partial charge in [-0.15, -0.1) is 0 Å². The average molecular weight is 398 g/mol. The number of nitrogens with one attached hydrogen (secondary N) is 1. The van der Waals surface area contributed by atoms with Crippen molar-refractivity contribution in [3.63, 3.8) is 0 Å². The van der Waals surface area contributed by atoms with Crippen molar-refractivity contribution < 1.29 is 14.6 Å². The molecule has 2 atom stereocenters. The minimum Gasteiger partial charge on any atom is -0.445 e. The van der Waals surface area contributed by atoms with Gasteiger partial charge in [0.15, 0.2) is 0 Å². The average Bonchev–Trinajstić information content (AvgIpc) is 2.75. The number of aliphatic hydroxyl groups is 1. The fourth-order valence-electron chi connectivity index (χ4n) is 3.40. The lowest BCUT2D eigenvalue weighted by Gasteiger charge is -2.24. The zero-order chi connectivity index (χ0) is 20.7. The fraction of sp³-hybridized carbons (Fsp3) is 0.480. The third-order valence-corrected chi connectivity index (χ3v) is 5.13. The van der Waals surface area contributed by atoms with E-state index in [9.17, 15) is 9.90 Å². The number of aliphatic hydroxyl groups excluding tert-OH is 1. The first-order chi connectivity index (χ1) is 14.2. The highest BCUT2D eigenvalue weighted by molar-refractivity contribution is 5.67. The second kappa shape index (κ2) is 13.8. The van der Waals surface area contributed by atoms with Crippen LogP contribution in [0.1, 0.15) is 63.0 Å². The quantitative estimate of drug-likeness (QED) is 0.430. The predicted molar refractivity (Wildman–Crippen MR) is 118 cm³/mol. The van der Waals surface area contributed by atoms with Crippen LogP contribution in [0.5, 0.6) is 0 Å². The molecule has 2 rings (SSSR count). The molecular weight excluding hydrogens is 362 g/mol. The van der Waals surface area contributed by atoms with E-state index in [2.05, 4.69) is 12.2 Å². The van der Waals surface area contributed by atoms with Crippen LogP contribution in [-0.2, 0) is 17.8 Å². The van der Waals surface area contributed by atoms with Gasteiger partial charge in [0.1, 0.15) is 6.61 Å². The van der Waals surface area contributed by atoms with Crippen LogP contribution in [-0.4, -0.2) is 23.3 Å². The number of carbonyl (C=O) groups excluding carboxylic acids is 1. The number of carbonyl (C=O) groups is 1. The summed E-state index contributed by atoms with van der Waals surface area (Å²) in [7, 11) is 0. The summed E-state index contributed by atoms with van der Waals surface area (Å²) >= 11 is 0. The van der Waals surface area contributed by atoms with Gasteiger partial charge < -0.3 is 15.2 Å². The van der Waals surface area contributed by atoms with Gasteiger partial charge in [0.25, 0.3) is 0 Å². The van der Waals surface area contributed by atoms with Crippen molar-refractivity contribution in [2.45, 2.75) is 77.0 Å². The first-order valence-corrected chi connectivity index (χ1v) is 10.9. The first kappa shape index (κ1) is 23.0. The van der Waals surface area contributed by atoms with E-state index in [0.29, 0.717) is 12.8 Å². The normalized spacial score (nSPS) is 12.9. The summed E-state index contributed by atoms with van der Waals surface area (Å²) in [4.78, 5) is 12.3. The molecule has 0 unspecified atom stereocenters. The Morgan fingerprint density at radius 1 is 0.897 bits per heavy atom. The molecule has 2 N–H and O–H groups in total. The van der Waals surface area contributed by atoms with Crippen LogP contribution in [0, 0.1) is 0 Å². The molecule has 0 aliphatic carbocycles. The van der Waals surface area contributed by atoms with Gasteiger partial charge in [0, 0.05) is 0 Å². The lowest BCUT2D eigenvalue weighted by Crippen LogP contribution is -2.45. The number of rotatable bonds is 13. The molecule has 0 bridgehead atoms. The van der Waals surface area contributed by atoms with Gasteiger partial charge in [-0.2, -0.15) is 0 Å². The Kier molecular flexibility index (Phi) is 10.9. The van der Waals surface area contributed by atoms with Crippen LogP contribution < -0.4 is 5.32 Å². The van der Waals surface area contributed by atoms with Crippen molar-refractivity contribution in [1.29, 1.82) is 0 Å². The van der Waals surface area contributed by atoms with Gasteiger partial charge in [-0.1, -0.05) is 106 Å². The summed E-state index contributed by atoms with van der Waals surface area (Å²) in [5.74, 6) is 0. The minimum atomic E-state index is -0.592. The molecular formula is C25H35NO3. The molecule has 0 heterocycles. The van der Waals surface area contributed by atoms with E-state index < -0.39 is 12.2 Å². The molecule has 2 aromatic rings. The molecule has 0 radical (unpaired) electrons. The number of hydrogen-bond donors (Lipinski definition) is 2. The first-order valence-electron chi connectivity index (χ1n) is 10.9. The second-order valence-electron chi connectivity index (χ2n) is 7.63. The number of ether oxygens (including phenoxy) is 1. The Hall–Kier alpha value is -2.33. The maximum absolute atomic E-state index is 12.3. The van der Waals surface area contributed by atoms with Crippen LogP contribution >= 0.6 is 0 Å². The lowest BCUT2D eigenvalue weighted by molar-refractivity contribution is 0.0947. The Morgan fingerprint density at radius 3 is 2.14 bits per heavy atom. The monoisotopic (exact) mass is 397 g/mol. The summed E-state index contributed by atoms with van der Waals surface area (Å²) in [6.45, 7) is 2.43. The zero-order valence-electron chi connectivity index (χ0n) is 17.6. The second-order valence-corrected chi connectivity index (χ2v) is 7.63. The fourth-order valence-corrected chi connectivity index (χ4v) is 3.40. The molecule has 0 saturated heterocycles. The molecule has 0 spiro atoms. The molecule has 4 nitrogen and oxygen atoms in total. The van der Waals surface area contributed by atoms with E-state index in [1.165, 1.54) is 25.7 Å². The summed E-state index contributed by atoms with van der Waals surface area (Å²) in [6.07, 6.45) is 7.24. The van der Waals surface area contributed by atoms with Gasteiger partial charge in [0.05, 0.1) is 12.1 Å². The highest BCUT2D eigenvalue weighted by atomic mass is 16.5. The summed E-state index contributed by atoms with van der Waals surface area (Å²) in [5, 5.41) is 13.6. The van der Waals surface area contributed by atoms with Crippen LogP contribution in [0.3, 0.4) is 0 Å². The van der Waals surface area contributed by atoms with E-state index >= 15 is 0 Å². The SMILES string of the molecule is CCCCCCCC[C@H](O)[C@H](Cc1ccccc1)NC(=O)OCc1ccccc1. The third-order valence-electron chi connectivity index (χ3n) is 5.13. The predicted octanol–water partition coefficient (Wildman–Crippen LogP) is 5.64. The van der Waals surface area contributed by atoms with Gasteiger partial charge >= 0.3 is 6.09 Å². The molecule has 0 saturated carbocycles. The van der Waals surface area contributed by atoms with Gasteiger partial charge in [0.2, 0.25) is 0 Å². The number of unbranched alkanes of at least 4 members (excludes halogenated alkanes) is 5. The van der Waals surface area contributed by atoms with E-state index in [1.807, 2.05) is 60.7 Å². The smallest absolute Gasteiger partial charge is 0.407 e. The molecule has 29 heavy (non-hydrogen) atoms. The molecule has 0 aromatic heterocycles. The Balaban J connectivity index is 1.85. The van der Waals surface area contributed by atoms with Crippen LogP contribution in [0.15, 0.2) is 60.7 Å². The Bertz CT molecular complexity index is 675. The molecule has 0 aliphatic rings.